The van der Waals surface area contributed by atoms with Crippen LogP contribution in [0, 0.1) is 0 Å². The Bertz CT molecular complexity index is 180. The Kier molecular flexibility index (Phi) is 7.78. The minimum absolute atomic E-state index is 0.372. The largest absolute Gasteiger partial charge is 0.444 e. The van der Waals surface area contributed by atoms with Crippen LogP contribution >= 0.6 is 15.9 Å². The third kappa shape index (κ3) is 11.6. The van der Waals surface area contributed by atoms with E-state index in [9.17, 15) is 4.79 Å². The van der Waals surface area contributed by atoms with E-state index in [1.54, 1.807) is 0 Å². The van der Waals surface area contributed by atoms with Gasteiger partial charge in [-0.1, -0.05) is 15.9 Å². The number of nitrogens with one attached hydrogen (secondary N) is 1. The number of carbonyl (C=O) groups is 1. The molecule has 15 heavy (non-hydrogen) atoms. The van der Waals surface area contributed by atoms with E-state index in [1.165, 1.54) is 0 Å². The number of rotatable bonds is 6. The van der Waals surface area contributed by atoms with Gasteiger partial charge in [0, 0.05) is 18.5 Å². The first kappa shape index (κ1) is 14.7. The lowest BCUT2D eigenvalue weighted by Crippen LogP contribution is -2.33. The van der Waals surface area contributed by atoms with E-state index in [1.807, 2.05) is 20.8 Å². The van der Waals surface area contributed by atoms with E-state index in [0.29, 0.717) is 19.8 Å². The van der Waals surface area contributed by atoms with Crippen LogP contribution in [0.1, 0.15) is 27.2 Å². The number of halogens is 1. The highest BCUT2D eigenvalue weighted by Gasteiger charge is 2.15. The smallest absolute Gasteiger partial charge is 0.407 e. The highest BCUT2D eigenvalue weighted by molar-refractivity contribution is 9.09. The van der Waals surface area contributed by atoms with Gasteiger partial charge in [0.15, 0.2) is 0 Å². The molecule has 90 valence electrons. The Morgan fingerprint density at radius 1 is 1.33 bits per heavy atom. The molecule has 5 heteroatoms. The monoisotopic (exact) mass is 281 g/mol. The normalized spacial score (nSPS) is 11.2. The van der Waals surface area contributed by atoms with Gasteiger partial charge >= 0.3 is 6.09 Å². The van der Waals surface area contributed by atoms with Crippen LogP contribution in [0.4, 0.5) is 4.79 Å². The van der Waals surface area contributed by atoms with Gasteiger partial charge in [-0.3, -0.25) is 0 Å². The molecule has 0 saturated heterocycles. The summed E-state index contributed by atoms with van der Waals surface area (Å²) in [5.41, 5.74) is -0.434. The van der Waals surface area contributed by atoms with Crippen molar-refractivity contribution in [3.63, 3.8) is 0 Å². The number of carbonyl (C=O) groups excluding carboxylic acids is 1. The molecule has 0 bridgehead atoms. The van der Waals surface area contributed by atoms with Gasteiger partial charge in [0.25, 0.3) is 0 Å². The summed E-state index contributed by atoms with van der Waals surface area (Å²) < 4.78 is 10.3. The predicted octanol–water partition coefficient (Wildman–Crippen LogP) is 2.31. The van der Waals surface area contributed by atoms with Crippen LogP contribution in [0.2, 0.25) is 0 Å². The van der Waals surface area contributed by atoms with Crippen LogP contribution < -0.4 is 5.32 Å². The summed E-state index contributed by atoms with van der Waals surface area (Å²) in [6.45, 7) is 7.45. The van der Waals surface area contributed by atoms with Crippen molar-refractivity contribution in [3.05, 3.63) is 0 Å². The lowest BCUT2D eigenvalue weighted by Gasteiger charge is -2.19. The van der Waals surface area contributed by atoms with E-state index in [4.69, 9.17) is 9.47 Å². The molecule has 1 amide bonds. The fourth-order valence-electron chi connectivity index (χ4n) is 0.835. The van der Waals surface area contributed by atoms with Crippen LogP contribution in [0.5, 0.6) is 0 Å². The molecule has 0 unspecified atom stereocenters. The molecule has 0 saturated carbocycles. The number of hydrogen-bond acceptors (Lipinski definition) is 3. The number of ether oxygens (including phenoxy) is 2. The molecule has 0 fully saturated rings. The molecule has 0 aromatic rings. The Hall–Kier alpha value is -0.290. The van der Waals surface area contributed by atoms with Crippen molar-refractivity contribution in [1.82, 2.24) is 5.32 Å². The lowest BCUT2D eigenvalue weighted by molar-refractivity contribution is 0.0521. The summed E-state index contributed by atoms with van der Waals surface area (Å²) in [5, 5.41) is 3.50. The molecule has 0 heterocycles. The molecular formula is C10H20BrNO3. The van der Waals surface area contributed by atoms with Gasteiger partial charge in [-0.15, -0.1) is 0 Å². The molecular weight excluding hydrogens is 262 g/mol. The SMILES string of the molecule is CC(C)(C)OC(=O)NCCCOCCBr. The fraction of sp³-hybridized carbons (Fsp3) is 0.900. The molecule has 0 atom stereocenters. The van der Waals surface area contributed by atoms with E-state index in [0.717, 1.165) is 11.8 Å². The highest BCUT2D eigenvalue weighted by atomic mass is 79.9. The number of hydrogen-bond donors (Lipinski definition) is 1. The van der Waals surface area contributed by atoms with Crippen LogP contribution in [-0.4, -0.2) is 36.8 Å². The Morgan fingerprint density at radius 2 is 2.00 bits per heavy atom. The number of alkyl halides is 1. The van der Waals surface area contributed by atoms with Gasteiger partial charge in [-0.05, 0) is 27.2 Å². The van der Waals surface area contributed by atoms with E-state index in [2.05, 4.69) is 21.2 Å². The standard InChI is InChI=1S/C10H20BrNO3/c1-10(2,3)15-9(13)12-6-4-7-14-8-5-11/h4-8H2,1-3H3,(H,12,13). The predicted molar refractivity (Wildman–Crippen MR) is 63.5 cm³/mol. The first-order valence-electron chi connectivity index (χ1n) is 5.06. The van der Waals surface area contributed by atoms with Crippen LogP contribution in [0.3, 0.4) is 0 Å². The van der Waals surface area contributed by atoms with Crippen molar-refractivity contribution in [2.24, 2.45) is 0 Å². The maximum Gasteiger partial charge on any atom is 0.407 e. The van der Waals surface area contributed by atoms with E-state index >= 15 is 0 Å². The number of amides is 1. The van der Waals surface area contributed by atoms with E-state index < -0.39 is 5.60 Å². The molecule has 0 radical (unpaired) electrons. The second-order valence-corrected chi connectivity index (χ2v) is 4.88. The summed E-state index contributed by atoms with van der Waals surface area (Å²) in [6, 6.07) is 0. The number of alkyl carbamates (subject to hydrolysis) is 1. The summed E-state index contributed by atoms with van der Waals surface area (Å²) in [5.74, 6) is 0. The molecule has 1 N–H and O–H groups in total. The zero-order chi connectivity index (χ0) is 11.7. The maximum absolute atomic E-state index is 11.2. The van der Waals surface area contributed by atoms with Crippen molar-refractivity contribution in [2.45, 2.75) is 32.8 Å². The zero-order valence-corrected chi connectivity index (χ0v) is 11.2. The zero-order valence-electron chi connectivity index (χ0n) is 9.64. The molecule has 0 spiro atoms. The van der Waals surface area contributed by atoms with Gasteiger partial charge in [0.2, 0.25) is 0 Å². The van der Waals surface area contributed by atoms with Crippen molar-refractivity contribution in [1.29, 1.82) is 0 Å². The molecule has 0 aromatic heterocycles. The van der Waals surface area contributed by atoms with Crippen LogP contribution in [0.15, 0.2) is 0 Å². The third-order valence-electron chi connectivity index (χ3n) is 1.36. The van der Waals surface area contributed by atoms with Crippen LogP contribution in [0.25, 0.3) is 0 Å². The Balaban J connectivity index is 3.32. The second kappa shape index (κ2) is 7.93. The summed E-state index contributed by atoms with van der Waals surface area (Å²) in [4.78, 5) is 11.2. The van der Waals surface area contributed by atoms with Gasteiger partial charge in [0.1, 0.15) is 5.60 Å². The average Bonchev–Trinajstić information content (AvgIpc) is 2.08. The Morgan fingerprint density at radius 3 is 2.53 bits per heavy atom. The first-order valence-corrected chi connectivity index (χ1v) is 6.18. The van der Waals surface area contributed by atoms with Gasteiger partial charge in [-0.2, -0.15) is 0 Å². The van der Waals surface area contributed by atoms with E-state index in [-0.39, 0.29) is 6.09 Å². The molecule has 0 rings (SSSR count). The quantitative estimate of drug-likeness (QED) is 0.600. The highest BCUT2D eigenvalue weighted by Crippen LogP contribution is 2.06. The van der Waals surface area contributed by atoms with Gasteiger partial charge in [-0.25, -0.2) is 4.79 Å². The molecule has 0 aliphatic heterocycles. The summed E-state index contributed by atoms with van der Waals surface area (Å²) in [6.07, 6.45) is 0.426. The Labute approximate surface area is 99.8 Å². The van der Waals surface area contributed by atoms with Crippen molar-refractivity contribution >= 4 is 22.0 Å². The molecule has 0 aromatic carbocycles. The maximum atomic E-state index is 11.2. The van der Waals surface area contributed by atoms with Gasteiger partial charge in [0.05, 0.1) is 6.61 Å². The lowest BCUT2D eigenvalue weighted by atomic mass is 10.2. The van der Waals surface area contributed by atoms with Crippen LogP contribution in [-0.2, 0) is 9.47 Å². The average molecular weight is 282 g/mol. The minimum atomic E-state index is -0.434. The molecule has 0 aliphatic rings. The third-order valence-corrected chi connectivity index (χ3v) is 1.68. The van der Waals surface area contributed by atoms with Crippen molar-refractivity contribution < 1.29 is 14.3 Å². The van der Waals surface area contributed by atoms with Crippen molar-refractivity contribution in [3.8, 4) is 0 Å². The minimum Gasteiger partial charge on any atom is -0.444 e. The first-order chi connectivity index (χ1) is 6.95. The summed E-state index contributed by atoms with van der Waals surface area (Å²) >= 11 is 3.26. The fourth-order valence-corrected chi connectivity index (χ4v) is 1.06. The topological polar surface area (TPSA) is 47.6 Å². The summed E-state index contributed by atoms with van der Waals surface area (Å²) in [7, 11) is 0. The second-order valence-electron chi connectivity index (χ2n) is 4.08. The van der Waals surface area contributed by atoms with Crippen molar-refractivity contribution in [2.75, 3.05) is 25.1 Å². The molecule has 0 aliphatic carbocycles. The van der Waals surface area contributed by atoms with Gasteiger partial charge < -0.3 is 14.8 Å². The molecule has 4 nitrogen and oxygen atoms in total.